The van der Waals surface area contributed by atoms with Gasteiger partial charge in [-0.2, -0.15) is 0 Å². The highest BCUT2D eigenvalue weighted by Gasteiger charge is 2.21. The summed E-state index contributed by atoms with van der Waals surface area (Å²) >= 11 is 0. The molecule has 1 heterocycles. The fraction of sp³-hybridized carbons (Fsp3) is 0.214. The van der Waals surface area contributed by atoms with Crippen LogP contribution in [0.2, 0.25) is 0 Å². The van der Waals surface area contributed by atoms with Crippen molar-refractivity contribution in [2.24, 2.45) is 0 Å². The topological polar surface area (TPSA) is 70.5 Å². The SMILES string of the molecule is CCS(=O)(=O)N(Cc1cccnc1)c1cccc(O)c1. The smallest absolute Gasteiger partial charge is 0.235 e. The fourth-order valence-electron chi connectivity index (χ4n) is 1.81. The van der Waals surface area contributed by atoms with Gasteiger partial charge in [0.15, 0.2) is 0 Å². The molecule has 2 aromatic rings. The Bertz CT molecular complexity index is 672. The van der Waals surface area contributed by atoms with Gasteiger partial charge in [-0.15, -0.1) is 0 Å². The van der Waals surface area contributed by atoms with Crippen molar-refractivity contribution in [3.63, 3.8) is 0 Å². The average molecular weight is 292 g/mol. The number of rotatable bonds is 5. The number of anilines is 1. The van der Waals surface area contributed by atoms with Crippen molar-refractivity contribution in [1.82, 2.24) is 4.98 Å². The second-order valence-corrected chi connectivity index (χ2v) is 6.47. The maximum Gasteiger partial charge on any atom is 0.235 e. The lowest BCUT2D eigenvalue weighted by molar-refractivity contribution is 0.475. The number of hydrogen-bond donors (Lipinski definition) is 1. The van der Waals surface area contributed by atoms with Gasteiger partial charge in [-0.3, -0.25) is 9.29 Å². The molecule has 0 saturated heterocycles. The van der Waals surface area contributed by atoms with E-state index in [4.69, 9.17) is 0 Å². The molecule has 0 aliphatic heterocycles. The van der Waals surface area contributed by atoms with Crippen LogP contribution in [0, 0.1) is 0 Å². The number of phenols is 1. The van der Waals surface area contributed by atoms with Gasteiger partial charge < -0.3 is 5.11 Å². The second kappa shape index (κ2) is 5.92. The Morgan fingerprint density at radius 2 is 2.05 bits per heavy atom. The fourth-order valence-corrected chi connectivity index (χ4v) is 2.90. The number of sulfonamides is 1. The van der Waals surface area contributed by atoms with Crippen LogP contribution < -0.4 is 4.31 Å². The minimum absolute atomic E-state index is 0.0110. The zero-order valence-corrected chi connectivity index (χ0v) is 11.9. The van der Waals surface area contributed by atoms with Crippen LogP contribution in [0.3, 0.4) is 0 Å². The summed E-state index contributed by atoms with van der Waals surface area (Å²) in [4.78, 5) is 3.99. The lowest BCUT2D eigenvalue weighted by atomic mass is 10.2. The predicted molar refractivity (Wildman–Crippen MR) is 78.0 cm³/mol. The van der Waals surface area contributed by atoms with Gasteiger partial charge in [-0.05, 0) is 30.7 Å². The molecule has 0 bridgehead atoms. The average Bonchev–Trinajstić information content (AvgIpc) is 2.45. The summed E-state index contributed by atoms with van der Waals surface area (Å²) in [5.41, 5.74) is 1.23. The minimum Gasteiger partial charge on any atom is -0.508 e. The van der Waals surface area contributed by atoms with Crippen molar-refractivity contribution in [2.75, 3.05) is 10.1 Å². The van der Waals surface area contributed by atoms with Crippen LogP contribution in [0.15, 0.2) is 48.8 Å². The molecule has 0 radical (unpaired) electrons. The molecule has 1 aromatic heterocycles. The Morgan fingerprint density at radius 1 is 1.25 bits per heavy atom. The van der Waals surface area contributed by atoms with E-state index in [1.54, 1.807) is 37.5 Å². The Balaban J connectivity index is 2.41. The summed E-state index contributed by atoms with van der Waals surface area (Å²) in [5, 5.41) is 9.53. The quantitative estimate of drug-likeness (QED) is 0.916. The maximum absolute atomic E-state index is 12.2. The van der Waals surface area contributed by atoms with Gasteiger partial charge in [0.2, 0.25) is 10.0 Å². The molecule has 20 heavy (non-hydrogen) atoms. The highest BCUT2D eigenvalue weighted by atomic mass is 32.2. The summed E-state index contributed by atoms with van der Waals surface area (Å²) in [6.07, 6.45) is 3.26. The molecule has 0 saturated carbocycles. The first-order chi connectivity index (χ1) is 9.53. The van der Waals surface area contributed by atoms with Gasteiger partial charge in [0, 0.05) is 18.5 Å². The van der Waals surface area contributed by atoms with Gasteiger partial charge in [0.25, 0.3) is 0 Å². The van der Waals surface area contributed by atoms with Crippen molar-refractivity contribution in [3.8, 4) is 5.75 Å². The van der Waals surface area contributed by atoms with Gasteiger partial charge in [0.05, 0.1) is 18.0 Å². The molecule has 0 fully saturated rings. The van der Waals surface area contributed by atoms with E-state index in [9.17, 15) is 13.5 Å². The molecule has 0 atom stereocenters. The molecule has 0 aliphatic rings. The lowest BCUT2D eigenvalue weighted by Gasteiger charge is -2.24. The Morgan fingerprint density at radius 3 is 2.65 bits per heavy atom. The Kier molecular flexibility index (Phi) is 4.24. The number of benzene rings is 1. The van der Waals surface area contributed by atoms with Crippen LogP contribution in [0.4, 0.5) is 5.69 Å². The first kappa shape index (κ1) is 14.3. The second-order valence-electron chi connectivity index (χ2n) is 4.29. The van der Waals surface area contributed by atoms with E-state index in [-0.39, 0.29) is 18.0 Å². The molecule has 1 aromatic carbocycles. The number of phenolic OH excluding ortho intramolecular Hbond substituents is 1. The lowest BCUT2D eigenvalue weighted by Crippen LogP contribution is -2.31. The number of aromatic hydroxyl groups is 1. The highest BCUT2D eigenvalue weighted by molar-refractivity contribution is 7.92. The van der Waals surface area contributed by atoms with Crippen LogP contribution in [-0.2, 0) is 16.6 Å². The molecule has 0 amide bonds. The van der Waals surface area contributed by atoms with E-state index in [1.807, 2.05) is 6.07 Å². The van der Waals surface area contributed by atoms with Crippen molar-refractivity contribution >= 4 is 15.7 Å². The predicted octanol–water partition coefficient (Wildman–Crippen LogP) is 2.14. The van der Waals surface area contributed by atoms with Crippen molar-refractivity contribution < 1.29 is 13.5 Å². The molecule has 0 unspecified atom stereocenters. The zero-order chi connectivity index (χ0) is 14.6. The first-order valence-corrected chi connectivity index (χ1v) is 7.82. The minimum atomic E-state index is -3.43. The molecule has 5 nitrogen and oxygen atoms in total. The monoisotopic (exact) mass is 292 g/mol. The Hall–Kier alpha value is -2.08. The van der Waals surface area contributed by atoms with Crippen LogP contribution >= 0.6 is 0 Å². The van der Waals surface area contributed by atoms with E-state index >= 15 is 0 Å². The van der Waals surface area contributed by atoms with E-state index in [0.717, 1.165) is 5.56 Å². The molecule has 1 N–H and O–H groups in total. The third kappa shape index (κ3) is 3.27. The maximum atomic E-state index is 12.2. The molecule has 106 valence electrons. The highest BCUT2D eigenvalue weighted by Crippen LogP contribution is 2.24. The zero-order valence-electron chi connectivity index (χ0n) is 11.1. The molecular formula is C14H16N2O3S. The van der Waals surface area contributed by atoms with Crippen LogP contribution in [-0.4, -0.2) is 24.3 Å². The third-order valence-electron chi connectivity index (χ3n) is 2.87. The summed E-state index contributed by atoms with van der Waals surface area (Å²) < 4.78 is 25.8. The van der Waals surface area contributed by atoms with Gasteiger partial charge in [-0.25, -0.2) is 8.42 Å². The van der Waals surface area contributed by atoms with E-state index < -0.39 is 10.0 Å². The van der Waals surface area contributed by atoms with Crippen LogP contribution in [0.1, 0.15) is 12.5 Å². The summed E-state index contributed by atoms with van der Waals surface area (Å²) in [6.45, 7) is 1.78. The van der Waals surface area contributed by atoms with E-state index in [2.05, 4.69) is 4.98 Å². The van der Waals surface area contributed by atoms with Crippen molar-refractivity contribution in [3.05, 3.63) is 54.4 Å². The van der Waals surface area contributed by atoms with Crippen molar-refractivity contribution in [2.45, 2.75) is 13.5 Å². The summed E-state index contributed by atoms with van der Waals surface area (Å²) in [5.74, 6) is 0.0214. The molecule has 0 spiro atoms. The van der Waals surface area contributed by atoms with Gasteiger partial charge >= 0.3 is 0 Å². The number of nitrogens with zero attached hydrogens (tertiary/aromatic N) is 2. The normalized spacial score (nSPS) is 11.2. The molecular weight excluding hydrogens is 276 g/mol. The standard InChI is InChI=1S/C14H16N2O3S/c1-2-20(18,19)16(11-12-5-4-8-15-10-12)13-6-3-7-14(17)9-13/h3-10,17H,2,11H2,1H3. The first-order valence-electron chi connectivity index (χ1n) is 6.21. The summed E-state index contributed by atoms with van der Waals surface area (Å²) in [7, 11) is -3.43. The van der Waals surface area contributed by atoms with Crippen LogP contribution in [0.5, 0.6) is 5.75 Å². The Labute approximate surface area is 118 Å². The van der Waals surface area contributed by atoms with E-state index in [1.165, 1.54) is 16.4 Å². The van der Waals surface area contributed by atoms with Crippen LogP contribution in [0.25, 0.3) is 0 Å². The van der Waals surface area contributed by atoms with Gasteiger partial charge in [-0.1, -0.05) is 12.1 Å². The van der Waals surface area contributed by atoms with E-state index in [0.29, 0.717) is 5.69 Å². The molecule has 0 aliphatic carbocycles. The molecule has 6 heteroatoms. The number of aromatic nitrogens is 1. The largest absolute Gasteiger partial charge is 0.508 e. The van der Waals surface area contributed by atoms with Gasteiger partial charge in [0.1, 0.15) is 5.75 Å². The number of hydrogen-bond acceptors (Lipinski definition) is 4. The summed E-state index contributed by atoms with van der Waals surface area (Å²) in [6, 6.07) is 9.78. The third-order valence-corrected chi connectivity index (χ3v) is 4.61. The number of pyridine rings is 1. The van der Waals surface area contributed by atoms with Crippen molar-refractivity contribution in [1.29, 1.82) is 0 Å². The molecule has 2 rings (SSSR count).